The monoisotopic (exact) mass is 151 g/mol. The molecular formula is C10H17N. The van der Waals surface area contributed by atoms with Gasteiger partial charge >= 0.3 is 0 Å². The fourth-order valence-corrected chi connectivity index (χ4v) is 0.746. The van der Waals surface area contributed by atoms with Gasteiger partial charge in [0.2, 0.25) is 0 Å². The van der Waals surface area contributed by atoms with Crippen LogP contribution in [0.3, 0.4) is 0 Å². The van der Waals surface area contributed by atoms with E-state index in [0.717, 1.165) is 12.1 Å². The van der Waals surface area contributed by atoms with Crippen molar-refractivity contribution in [3.63, 3.8) is 0 Å². The molecule has 0 aromatic carbocycles. The fourth-order valence-electron chi connectivity index (χ4n) is 0.746. The highest BCUT2D eigenvalue weighted by Crippen LogP contribution is 1.96. The molecule has 0 bridgehead atoms. The molecule has 0 unspecified atom stereocenters. The summed E-state index contributed by atoms with van der Waals surface area (Å²) in [7, 11) is 1.81. The van der Waals surface area contributed by atoms with Crippen LogP contribution >= 0.6 is 0 Å². The third kappa shape index (κ3) is 5.59. The van der Waals surface area contributed by atoms with Crippen molar-refractivity contribution in [1.82, 2.24) is 0 Å². The number of rotatable bonds is 3. The average Bonchev–Trinajstić information content (AvgIpc) is 2.00. The van der Waals surface area contributed by atoms with Crippen LogP contribution in [0.4, 0.5) is 0 Å². The first-order chi connectivity index (χ1) is 5.20. The Morgan fingerprint density at radius 3 is 2.45 bits per heavy atom. The minimum atomic E-state index is 1.07. The lowest BCUT2D eigenvalue weighted by molar-refractivity contribution is 1.22. The predicted molar refractivity (Wildman–Crippen MR) is 52.2 cm³/mol. The van der Waals surface area contributed by atoms with E-state index in [4.69, 9.17) is 0 Å². The normalized spacial score (nSPS) is 14.5. The van der Waals surface area contributed by atoms with Gasteiger partial charge in [0, 0.05) is 12.8 Å². The highest BCUT2D eigenvalue weighted by atomic mass is 14.7. The summed E-state index contributed by atoms with van der Waals surface area (Å²) < 4.78 is 0. The van der Waals surface area contributed by atoms with Crippen molar-refractivity contribution in [3.8, 4) is 0 Å². The van der Waals surface area contributed by atoms with Crippen LogP contribution in [0.2, 0.25) is 0 Å². The van der Waals surface area contributed by atoms with Crippen molar-refractivity contribution in [2.45, 2.75) is 27.2 Å². The summed E-state index contributed by atoms with van der Waals surface area (Å²) in [5.74, 6) is 0. The minimum Gasteiger partial charge on any atom is -0.293 e. The van der Waals surface area contributed by atoms with Gasteiger partial charge in [-0.1, -0.05) is 19.1 Å². The zero-order valence-electron chi connectivity index (χ0n) is 7.89. The van der Waals surface area contributed by atoms with Gasteiger partial charge in [0.25, 0.3) is 0 Å². The summed E-state index contributed by atoms with van der Waals surface area (Å²) in [5, 5.41) is 0. The first-order valence-corrected chi connectivity index (χ1v) is 3.99. The van der Waals surface area contributed by atoms with Crippen molar-refractivity contribution in [2.75, 3.05) is 7.05 Å². The number of hydrogen-bond acceptors (Lipinski definition) is 1. The Kier molecular flexibility index (Phi) is 5.44. The summed E-state index contributed by atoms with van der Waals surface area (Å²) in [6.07, 6.45) is 7.43. The third-order valence-corrected chi connectivity index (χ3v) is 1.41. The highest BCUT2D eigenvalue weighted by Gasteiger charge is 1.83. The molecule has 0 heterocycles. The smallest absolute Gasteiger partial charge is 0.0316 e. The molecule has 0 spiro atoms. The van der Waals surface area contributed by atoms with E-state index < -0.39 is 0 Å². The molecule has 0 aromatic rings. The zero-order valence-corrected chi connectivity index (χ0v) is 7.89. The maximum Gasteiger partial charge on any atom is 0.0316 e. The summed E-state index contributed by atoms with van der Waals surface area (Å²) in [5.41, 5.74) is 2.33. The molecule has 0 radical (unpaired) electrons. The summed E-state index contributed by atoms with van der Waals surface area (Å²) in [6.45, 7) is 6.22. The Morgan fingerprint density at radius 2 is 2.00 bits per heavy atom. The van der Waals surface area contributed by atoms with Gasteiger partial charge in [0.1, 0.15) is 0 Å². The van der Waals surface area contributed by atoms with Gasteiger partial charge in [-0.25, -0.2) is 0 Å². The maximum absolute atomic E-state index is 4.04. The van der Waals surface area contributed by atoms with Crippen LogP contribution in [0.25, 0.3) is 0 Å². The Labute approximate surface area is 69.5 Å². The van der Waals surface area contributed by atoms with Crippen LogP contribution in [0.15, 0.2) is 28.8 Å². The van der Waals surface area contributed by atoms with Crippen LogP contribution in [-0.4, -0.2) is 12.8 Å². The van der Waals surface area contributed by atoms with Crippen LogP contribution in [0.5, 0.6) is 0 Å². The second-order valence-corrected chi connectivity index (χ2v) is 2.56. The molecule has 1 nitrogen and oxygen atoms in total. The fraction of sp³-hybridized carbons (Fsp3) is 0.500. The van der Waals surface area contributed by atoms with Crippen LogP contribution in [0, 0.1) is 0 Å². The highest BCUT2D eigenvalue weighted by molar-refractivity contribution is 5.93. The van der Waals surface area contributed by atoms with Crippen molar-refractivity contribution in [2.24, 2.45) is 4.99 Å². The van der Waals surface area contributed by atoms with E-state index in [-0.39, 0.29) is 0 Å². The van der Waals surface area contributed by atoms with E-state index in [1.54, 1.807) is 0 Å². The molecule has 0 aliphatic heterocycles. The number of allylic oxidation sites excluding steroid dienone is 4. The van der Waals surface area contributed by atoms with E-state index >= 15 is 0 Å². The lowest BCUT2D eigenvalue weighted by Crippen LogP contribution is -1.84. The van der Waals surface area contributed by atoms with E-state index in [1.165, 1.54) is 5.57 Å². The molecule has 11 heavy (non-hydrogen) atoms. The second kappa shape index (κ2) is 5.90. The molecule has 0 amide bonds. The number of nitrogens with zero attached hydrogens (tertiary/aromatic N) is 1. The quantitative estimate of drug-likeness (QED) is 0.434. The first-order valence-electron chi connectivity index (χ1n) is 3.99. The SMILES string of the molecule is CC\C=C/C(C)=C\C(C)=N/C. The molecule has 0 aromatic heterocycles. The summed E-state index contributed by atoms with van der Waals surface area (Å²) in [6, 6.07) is 0. The van der Waals surface area contributed by atoms with E-state index in [9.17, 15) is 0 Å². The molecule has 62 valence electrons. The largest absolute Gasteiger partial charge is 0.293 e. The molecular weight excluding hydrogens is 134 g/mol. The first kappa shape index (κ1) is 10.2. The molecule has 0 fully saturated rings. The standard InChI is InChI=1S/C10H17N/c1-5-6-7-9(2)8-10(3)11-4/h6-8H,5H2,1-4H3/b7-6-,9-8-,11-10-. The molecule has 0 atom stereocenters. The molecule has 0 aliphatic rings. The van der Waals surface area contributed by atoms with E-state index in [1.807, 2.05) is 14.0 Å². The Morgan fingerprint density at radius 1 is 1.36 bits per heavy atom. The molecule has 0 saturated carbocycles. The Hall–Kier alpha value is -0.850. The summed E-state index contributed by atoms with van der Waals surface area (Å²) >= 11 is 0. The Balaban J connectivity index is 4.11. The molecule has 0 aliphatic carbocycles. The van der Waals surface area contributed by atoms with E-state index in [0.29, 0.717) is 0 Å². The Bertz CT molecular complexity index is 185. The van der Waals surface area contributed by atoms with Crippen LogP contribution in [0.1, 0.15) is 27.2 Å². The van der Waals surface area contributed by atoms with Gasteiger partial charge in [-0.05, 0) is 31.9 Å². The number of hydrogen-bond donors (Lipinski definition) is 0. The van der Waals surface area contributed by atoms with Crippen molar-refractivity contribution >= 4 is 5.71 Å². The van der Waals surface area contributed by atoms with Crippen molar-refractivity contribution in [1.29, 1.82) is 0 Å². The van der Waals surface area contributed by atoms with Crippen molar-refractivity contribution in [3.05, 3.63) is 23.8 Å². The second-order valence-electron chi connectivity index (χ2n) is 2.56. The van der Waals surface area contributed by atoms with Crippen molar-refractivity contribution < 1.29 is 0 Å². The van der Waals surface area contributed by atoms with Gasteiger partial charge in [0.15, 0.2) is 0 Å². The van der Waals surface area contributed by atoms with Gasteiger partial charge in [-0.3, -0.25) is 4.99 Å². The van der Waals surface area contributed by atoms with Gasteiger partial charge < -0.3 is 0 Å². The lowest BCUT2D eigenvalue weighted by Gasteiger charge is -1.91. The number of aliphatic imine (C=N–C) groups is 1. The van der Waals surface area contributed by atoms with Gasteiger partial charge in [-0.2, -0.15) is 0 Å². The zero-order chi connectivity index (χ0) is 8.69. The van der Waals surface area contributed by atoms with Crippen LogP contribution < -0.4 is 0 Å². The predicted octanol–water partition coefficient (Wildman–Crippen LogP) is 2.99. The van der Waals surface area contributed by atoms with E-state index in [2.05, 4.69) is 37.1 Å². The minimum absolute atomic E-state index is 1.07. The van der Waals surface area contributed by atoms with Crippen LogP contribution in [-0.2, 0) is 0 Å². The molecule has 0 saturated heterocycles. The third-order valence-electron chi connectivity index (χ3n) is 1.41. The molecule has 0 N–H and O–H groups in total. The molecule has 0 rings (SSSR count). The average molecular weight is 151 g/mol. The maximum atomic E-state index is 4.04. The molecule has 1 heteroatoms. The topological polar surface area (TPSA) is 12.4 Å². The lowest BCUT2D eigenvalue weighted by atomic mass is 10.2. The van der Waals surface area contributed by atoms with Gasteiger partial charge in [-0.15, -0.1) is 0 Å². The van der Waals surface area contributed by atoms with Gasteiger partial charge in [0.05, 0.1) is 0 Å². The summed E-state index contributed by atoms with van der Waals surface area (Å²) in [4.78, 5) is 4.04.